The molecule has 2 aromatic heterocycles. The van der Waals surface area contributed by atoms with E-state index in [0.29, 0.717) is 11.3 Å². The maximum absolute atomic E-state index is 12.1. The minimum absolute atomic E-state index is 0.131. The van der Waals surface area contributed by atoms with Crippen LogP contribution in [0.3, 0.4) is 0 Å². The number of carbonyl (C=O) groups is 2. The van der Waals surface area contributed by atoms with Crippen molar-refractivity contribution in [2.24, 2.45) is 0 Å². The maximum atomic E-state index is 12.1. The van der Waals surface area contributed by atoms with Crippen molar-refractivity contribution in [2.45, 2.75) is 13.8 Å². The Morgan fingerprint density at radius 3 is 2.68 bits per heavy atom. The average Bonchev–Trinajstić information content (AvgIpc) is 2.71. The second-order valence-electron chi connectivity index (χ2n) is 4.13. The van der Waals surface area contributed by atoms with Crippen LogP contribution in [0.2, 0.25) is 0 Å². The first kappa shape index (κ1) is 13.2. The molecule has 98 valence electrons. The fourth-order valence-electron chi connectivity index (χ4n) is 1.62. The molecule has 0 saturated heterocycles. The standard InChI is InChI=1S/C13H12N2O3S/c1-7-3-9(5-14-4-7)12(16)15-10-8(2)6-19-11(10)13(17)18/h3-6H,1-2H3,(H,15,16)(H,17,18). The van der Waals surface area contributed by atoms with Crippen LogP contribution >= 0.6 is 11.3 Å². The van der Waals surface area contributed by atoms with Crippen LogP contribution in [0.25, 0.3) is 0 Å². The number of amides is 1. The number of anilines is 1. The van der Waals surface area contributed by atoms with Gasteiger partial charge in [0.25, 0.3) is 5.91 Å². The lowest BCUT2D eigenvalue weighted by molar-refractivity contribution is 0.0703. The quantitative estimate of drug-likeness (QED) is 0.903. The summed E-state index contributed by atoms with van der Waals surface area (Å²) in [5.41, 5.74) is 2.36. The molecule has 0 bridgehead atoms. The van der Waals surface area contributed by atoms with Gasteiger partial charge in [-0.1, -0.05) is 0 Å². The topological polar surface area (TPSA) is 79.3 Å². The van der Waals surface area contributed by atoms with Crippen molar-refractivity contribution in [1.82, 2.24) is 4.98 Å². The van der Waals surface area contributed by atoms with Crippen molar-refractivity contribution in [3.05, 3.63) is 45.4 Å². The summed E-state index contributed by atoms with van der Waals surface area (Å²) in [6.45, 7) is 3.59. The summed E-state index contributed by atoms with van der Waals surface area (Å²) in [6.07, 6.45) is 3.10. The molecule has 0 saturated carbocycles. The van der Waals surface area contributed by atoms with Crippen LogP contribution in [-0.2, 0) is 0 Å². The molecule has 19 heavy (non-hydrogen) atoms. The van der Waals surface area contributed by atoms with Gasteiger partial charge < -0.3 is 10.4 Å². The number of aryl methyl sites for hydroxylation is 2. The molecule has 0 atom stereocenters. The number of rotatable bonds is 3. The molecule has 1 amide bonds. The Bertz CT molecular complexity index is 649. The number of aromatic carboxylic acids is 1. The molecule has 2 heterocycles. The first-order valence-corrected chi connectivity index (χ1v) is 6.41. The van der Waals surface area contributed by atoms with Crippen molar-refractivity contribution in [3.63, 3.8) is 0 Å². The molecule has 6 heteroatoms. The van der Waals surface area contributed by atoms with E-state index in [1.807, 2.05) is 6.92 Å². The Labute approximate surface area is 113 Å². The van der Waals surface area contributed by atoms with Gasteiger partial charge in [-0.3, -0.25) is 9.78 Å². The zero-order valence-electron chi connectivity index (χ0n) is 10.4. The highest BCUT2D eigenvalue weighted by molar-refractivity contribution is 7.12. The third kappa shape index (κ3) is 2.79. The molecule has 5 nitrogen and oxygen atoms in total. The maximum Gasteiger partial charge on any atom is 0.348 e. The average molecular weight is 276 g/mol. The van der Waals surface area contributed by atoms with Crippen LogP contribution in [0.5, 0.6) is 0 Å². The molecule has 0 aliphatic carbocycles. The molecule has 2 aromatic rings. The van der Waals surface area contributed by atoms with E-state index < -0.39 is 5.97 Å². The highest BCUT2D eigenvalue weighted by Gasteiger charge is 2.18. The van der Waals surface area contributed by atoms with Gasteiger partial charge >= 0.3 is 5.97 Å². The molecule has 0 aliphatic heterocycles. The largest absolute Gasteiger partial charge is 0.477 e. The Balaban J connectivity index is 2.29. The molecule has 2 N–H and O–H groups in total. The normalized spacial score (nSPS) is 10.2. The highest BCUT2D eigenvalue weighted by Crippen LogP contribution is 2.28. The van der Waals surface area contributed by atoms with Crippen LogP contribution in [0.15, 0.2) is 23.8 Å². The summed E-state index contributed by atoms with van der Waals surface area (Å²) in [4.78, 5) is 27.2. The Hall–Kier alpha value is -2.21. The molecular weight excluding hydrogens is 264 g/mol. The molecule has 0 spiro atoms. The second kappa shape index (κ2) is 5.19. The zero-order valence-corrected chi connectivity index (χ0v) is 11.2. The summed E-state index contributed by atoms with van der Waals surface area (Å²) in [6, 6.07) is 1.70. The summed E-state index contributed by atoms with van der Waals surface area (Å²) in [5, 5.41) is 13.4. The smallest absolute Gasteiger partial charge is 0.348 e. The predicted octanol–water partition coefficient (Wildman–Crippen LogP) is 2.71. The Morgan fingerprint density at radius 1 is 1.32 bits per heavy atom. The van der Waals surface area contributed by atoms with E-state index in [4.69, 9.17) is 5.11 Å². The number of nitrogens with zero attached hydrogens (tertiary/aromatic N) is 1. The van der Waals surface area contributed by atoms with Gasteiger partial charge in [0, 0.05) is 12.4 Å². The van der Waals surface area contributed by atoms with E-state index in [1.165, 1.54) is 6.20 Å². The van der Waals surface area contributed by atoms with Crippen molar-refractivity contribution in [2.75, 3.05) is 5.32 Å². The molecule has 0 aromatic carbocycles. The Morgan fingerprint density at radius 2 is 2.05 bits per heavy atom. The molecule has 0 fully saturated rings. The van der Waals surface area contributed by atoms with Gasteiger partial charge in [-0.05, 0) is 36.4 Å². The van der Waals surface area contributed by atoms with Gasteiger partial charge in [-0.2, -0.15) is 0 Å². The van der Waals surface area contributed by atoms with Gasteiger partial charge in [0.05, 0.1) is 11.3 Å². The van der Waals surface area contributed by atoms with Gasteiger partial charge in [-0.25, -0.2) is 4.79 Å². The molecule has 0 unspecified atom stereocenters. The first-order chi connectivity index (χ1) is 8.99. The fraction of sp³-hybridized carbons (Fsp3) is 0.154. The van der Waals surface area contributed by atoms with Gasteiger partial charge in [0.2, 0.25) is 0 Å². The number of carboxylic acid groups (broad SMARTS) is 1. The first-order valence-electron chi connectivity index (χ1n) is 5.53. The third-order valence-electron chi connectivity index (χ3n) is 2.54. The number of carboxylic acids is 1. The predicted molar refractivity (Wildman–Crippen MR) is 72.9 cm³/mol. The SMILES string of the molecule is Cc1cncc(C(=O)Nc2c(C)csc2C(=O)O)c1. The van der Waals surface area contributed by atoms with Gasteiger partial charge in [0.1, 0.15) is 4.88 Å². The van der Waals surface area contributed by atoms with Crippen LogP contribution < -0.4 is 5.32 Å². The molecule has 0 aliphatic rings. The molecule has 2 rings (SSSR count). The Kier molecular flexibility index (Phi) is 3.62. The summed E-state index contributed by atoms with van der Waals surface area (Å²) in [5.74, 6) is -1.41. The lowest BCUT2D eigenvalue weighted by Crippen LogP contribution is -2.14. The number of thiophene rings is 1. The number of hydrogen-bond donors (Lipinski definition) is 2. The van der Waals surface area contributed by atoms with Crippen molar-refractivity contribution in [1.29, 1.82) is 0 Å². The number of carbonyl (C=O) groups excluding carboxylic acids is 1. The monoisotopic (exact) mass is 276 g/mol. The lowest BCUT2D eigenvalue weighted by Gasteiger charge is -2.06. The summed E-state index contributed by atoms with van der Waals surface area (Å²) in [7, 11) is 0. The summed E-state index contributed by atoms with van der Waals surface area (Å²) >= 11 is 1.09. The minimum atomic E-state index is -1.05. The lowest BCUT2D eigenvalue weighted by atomic mass is 10.2. The highest BCUT2D eigenvalue weighted by atomic mass is 32.1. The zero-order chi connectivity index (χ0) is 14.0. The van der Waals surface area contributed by atoms with Crippen LogP contribution in [-0.4, -0.2) is 22.0 Å². The summed E-state index contributed by atoms with van der Waals surface area (Å²) < 4.78 is 0. The number of pyridine rings is 1. The van der Waals surface area contributed by atoms with E-state index in [1.54, 1.807) is 24.6 Å². The number of aromatic nitrogens is 1. The third-order valence-corrected chi connectivity index (χ3v) is 3.63. The van der Waals surface area contributed by atoms with Crippen molar-refractivity contribution < 1.29 is 14.7 Å². The molecular formula is C13H12N2O3S. The van der Waals surface area contributed by atoms with Crippen LogP contribution in [0.4, 0.5) is 5.69 Å². The van der Waals surface area contributed by atoms with Crippen LogP contribution in [0, 0.1) is 13.8 Å². The van der Waals surface area contributed by atoms with E-state index in [-0.39, 0.29) is 10.8 Å². The van der Waals surface area contributed by atoms with E-state index in [0.717, 1.165) is 22.5 Å². The van der Waals surface area contributed by atoms with E-state index in [9.17, 15) is 9.59 Å². The van der Waals surface area contributed by atoms with Crippen molar-refractivity contribution >= 4 is 28.9 Å². The van der Waals surface area contributed by atoms with E-state index in [2.05, 4.69) is 10.3 Å². The van der Waals surface area contributed by atoms with Gasteiger partial charge in [0.15, 0.2) is 0 Å². The van der Waals surface area contributed by atoms with E-state index >= 15 is 0 Å². The fourth-order valence-corrected chi connectivity index (χ4v) is 2.46. The number of hydrogen-bond acceptors (Lipinski definition) is 4. The van der Waals surface area contributed by atoms with Crippen LogP contribution in [0.1, 0.15) is 31.2 Å². The number of nitrogens with one attached hydrogen (secondary N) is 1. The molecule has 0 radical (unpaired) electrons. The van der Waals surface area contributed by atoms with Crippen molar-refractivity contribution in [3.8, 4) is 0 Å². The second-order valence-corrected chi connectivity index (χ2v) is 5.01. The van der Waals surface area contributed by atoms with Gasteiger partial charge in [-0.15, -0.1) is 11.3 Å². The minimum Gasteiger partial charge on any atom is -0.477 e.